The molecule has 5 aromatic rings. The summed E-state index contributed by atoms with van der Waals surface area (Å²) in [7, 11) is 0. The second kappa shape index (κ2) is 13.8. The van der Waals surface area contributed by atoms with E-state index in [0.717, 1.165) is 80.1 Å². The van der Waals surface area contributed by atoms with Gasteiger partial charge >= 0.3 is 5.69 Å². The summed E-state index contributed by atoms with van der Waals surface area (Å²) in [6, 6.07) is 14.1. The average molecular weight is 645 g/mol. The summed E-state index contributed by atoms with van der Waals surface area (Å²) in [5, 5.41) is 7.98. The van der Waals surface area contributed by atoms with Crippen LogP contribution in [-0.4, -0.2) is 43.1 Å². The van der Waals surface area contributed by atoms with Gasteiger partial charge in [0.05, 0.1) is 22.1 Å². The van der Waals surface area contributed by atoms with Gasteiger partial charge in [-0.2, -0.15) is 4.98 Å². The number of anilines is 1. The predicted octanol–water partition coefficient (Wildman–Crippen LogP) is 6.87. The van der Waals surface area contributed by atoms with Crippen molar-refractivity contribution in [1.29, 1.82) is 0 Å². The van der Waals surface area contributed by atoms with E-state index in [9.17, 15) is 4.79 Å². The SMILES string of the molecule is Cc1nc(NCC[C@@H]2CCCC(c3ccc(-n4cc5cc(-c6cc(CCC[C@H](C)N)cc(Cl)c6F)[nH]c5nc4=O)cc3)N2)[nH]c1C. The Balaban J connectivity index is 1.15. The van der Waals surface area contributed by atoms with E-state index in [1.165, 1.54) is 10.1 Å². The highest BCUT2D eigenvalue weighted by molar-refractivity contribution is 6.31. The van der Waals surface area contributed by atoms with E-state index < -0.39 is 11.5 Å². The summed E-state index contributed by atoms with van der Waals surface area (Å²) >= 11 is 6.27. The maximum atomic E-state index is 15.2. The van der Waals surface area contributed by atoms with Crippen molar-refractivity contribution in [2.24, 2.45) is 5.73 Å². The fraction of sp³-hybridized carbons (Fsp3) is 0.400. The molecule has 2 aromatic carbocycles. The van der Waals surface area contributed by atoms with Gasteiger partial charge in [0.2, 0.25) is 5.95 Å². The highest BCUT2D eigenvalue weighted by Crippen LogP contribution is 2.32. The van der Waals surface area contributed by atoms with E-state index in [1.54, 1.807) is 18.3 Å². The van der Waals surface area contributed by atoms with E-state index in [0.29, 0.717) is 28.3 Å². The van der Waals surface area contributed by atoms with Crippen LogP contribution in [0.2, 0.25) is 5.02 Å². The van der Waals surface area contributed by atoms with Crippen molar-refractivity contribution in [2.75, 3.05) is 11.9 Å². The van der Waals surface area contributed by atoms with E-state index in [1.807, 2.05) is 39.0 Å². The molecular formula is C35H42ClFN8O. The lowest BCUT2D eigenvalue weighted by Gasteiger charge is -2.31. The number of aromatic nitrogens is 5. The molecule has 0 amide bonds. The van der Waals surface area contributed by atoms with E-state index in [4.69, 9.17) is 17.3 Å². The highest BCUT2D eigenvalue weighted by Gasteiger charge is 2.22. The number of aryl methyl sites for hydroxylation is 3. The van der Waals surface area contributed by atoms with Gasteiger partial charge in [0.1, 0.15) is 5.65 Å². The minimum Gasteiger partial charge on any atom is -0.356 e. The molecule has 3 atom stereocenters. The van der Waals surface area contributed by atoms with Gasteiger partial charge in [-0.3, -0.25) is 4.57 Å². The van der Waals surface area contributed by atoms with Crippen molar-refractivity contribution in [3.05, 3.63) is 92.5 Å². The Labute approximate surface area is 273 Å². The molecule has 0 bridgehead atoms. The van der Waals surface area contributed by atoms with Crippen molar-refractivity contribution in [1.82, 2.24) is 29.8 Å². The van der Waals surface area contributed by atoms with Crippen molar-refractivity contribution in [3.8, 4) is 16.9 Å². The van der Waals surface area contributed by atoms with Gasteiger partial charge in [-0.25, -0.2) is 14.2 Å². The summed E-state index contributed by atoms with van der Waals surface area (Å²) in [4.78, 5) is 28.3. The lowest BCUT2D eigenvalue weighted by Crippen LogP contribution is -2.38. The summed E-state index contributed by atoms with van der Waals surface area (Å²) in [6.07, 6.45) is 8.60. The normalized spacial score (nSPS) is 17.4. The van der Waals surface area contributed by atoms with Gasteiger partial charge in [0.15, 0.2) is 5.82 Å². The molecule has 0 radical (unpaired) electrons. The third-order valence-electron chi connectivity index (χ3n) is 8.98. The first kappa shape index (κ1) is 32.0. The molecule has 1 saturated heterocycles. The Kier molecular flexibility index (Phi) is 9.58. The number of piperidine rings is 1. The lowest BCUT2D eigenvalue weighted by molar-refractivity contribution is 0.316. The number of H-pyrrole nitrogens is 2. The molecule has 9 nitrogen and oxygen atoms in total. The van der Waals surface area contributed by atoms with Gasteiger partial charge in [-0.15, -0.1) is 0 Å². The van der Waals surface area contributed by atoms with Crippen LogP contribution >= 0.6 is 11.6 Å². The molecule has 1 aliphatic heterocycles. The largest absolute Gasteiger partial charge is 0.356 e. The van der Waals surface area contributed by atoms with E-state index >= 15 is 4.39 Å². The van der Waals surface area contributed by atoms with Gasteiger partial charge in [0.25, 0.3) is 0 Å². The maximum absolute atomic E-state index is 15.2. The molecule has 6 rings (SSSR count). The Bertz CT molecular complexity index is 1860. The standard InChI is InChI=1S/C35H42ClFN8O/c1-20(38)6-4-7-23-16-28(32(37)29(36)17-23)31-18-25-19-45(35(46)44-33(25)43-31)27-12-10-24(11-13-27)30-9-5-8-26(42-30)14-15-39-34-40-21(2)22(3)41-34/h10-13,16-20,26,30,42H,4-9,14-15,38H2,1-3H3,(H2,39,40,41)(H,43,44,46)/t20-,26-,30?/m0/s1. The van der Waals surface area contributed by atoms with Crippen molar-refractivity contribution in [2.45, 2.75) is 83.8 Å². The quantitative estimate of drug-likeness (QED) is 0.107. The topological polar surface area (TPSA) is 129 Å². The third kappa shape index (κ3) is 7.19. The monoisotopic (exact) mass is 644 g/mol. The van der Waals surface area contributed by atoms with Crippen LogP contribution in [-0.2, 0) is 6.42 Å². The summed E-state index contributed by atoms with van der Waals surface area (Å²) in [5.41, 5.74) is 11.7. The zero-order chi connectivity index (χ0) is 32.4. The van der Waals surface area contributed by atoms with Crippen molar-refractivity contribution >= 4 is 28.6 Å². The number of nitrogens with two attached hydrogens (primary N) is 1. The number of fused-ring (bicyclic) bond motifs is 1. The fourth-order valence-corrected chi connectivity index (χ4v) is 6.55. The summed E-state index contributed by atoms with van der Waals surface area (Å²) < 4.78 is 16.7. The molecule has 0 aliphatic carbocycles. The molecule has 0 spiro atoms. The Morgan fingerprint density at radius 1 is 1.13 bits per heavy atom. The molecular weight excluding hydrogens is 603 g/mol. The van der Waals surface area contributed by atoms with Crippen LogP contribution in [0.1, 0.15) is 74.0 Å². The van der Waals surface area contributed by atoms with Crippen LogP contribution in [0.5, 0.6) is 0 Å². The number of hydrogen-bond donors (Lipinski definition) is 5. The van der Waals surface area contributed by atoms with E-state index in [2.05, 4.69) is 42.7 Å². The zero-order valence-corrected chi connectivity index (χ0v) is 27.3. The first-order valence-electron chi connectivity index (χ1n) is 16.1. The van der Waals surface area contributed by atoms with Crippen molar-refractivity contribution < 1.29 is 4.39 Å². The number of nitrogens with zero attached hydrogens (tertiary/aromatic N) is 3. The number of nitrogens with one attached hydrogen (secondary N) is 4. The number of benzene rings is 2. The number of rotatable bonds is 11. The molecule has 1 aliphatic rings. The molecule has 3 aromatic heterocycles. The predicted molar refractivity (Wildman–Crippen MR) is 183 cm³/mol. The smallest absolute Gasteiger partial charge is 0.354 e. The first-order valence-corrected chi connectivity index (χ1v) is 16.5. The second-order valence-corrected chi connectivity index (χ2v) is 13.0. The molecule has 6 N–H and O–H groups in total. The van der Waals surface area contributed by atoms with Crippen LogP contribution in [0, 0.1) is 19.7 Å². The average Bonchev–Trinajstić information content (AvgIpc) is 3.59. The van der Waals surface area contributed by atoms with Crippen molar-refractivity contribution in [3.63, 3.8) is 0 Å². The van der Waals surface area contributed by atoms with Crippen LogP contribution in [0.3, 0.4) is 0 Å². The van der Waals surface area contributed by atoms with Gasteiger partial charge in [0, 0.05) is 47.5 Å². The minimum absolute atomic E-state index is 0.0639. The van der Waals surface area contributed by atoms with Gasteiger partial charge < -0.3 is 26.3 Å². The van der Waals surface area contributed by atoms with Crippen LogP contribution in [0.15, 0.2) is 53.5 Å². The molecule has 1 fully saturated rings. The molecule has 242 valence electrons. The zero-order valence-electron chi connectivity index (χ0n) is 26.6. The molecule has 1 unspecified atom stereocenters. The maximum Gasteiger partial charge on any atom is 0.354 e. The molecule has 0 saturated carbocycles. The van der Waals surface area contributed by atoms with Crippen LogP contribution < -0.4 is 22.1 Å². The first-order chi connectivity index (χ1) is 22.1. The minimum atomic E-state index is -0.507. The third-order valence-corrected chi connectivity index (χ3v) is 9.26. The number of imidazole rings is 1. The van der Waals surface area contributed by atoms with Gasteiger partial charge in [-0.1, -0.05) is 30.2 Å². The number of aromatic amines is 2. The molecule has 46 heavy (non-hydrogen) atoms. The fourth-order valence-electron chi connectivity index (χ4n) is 6.31. The summed E-state index contributed by atoms with van der Waals surface area (Å²) in [6.45, 7) is 6.84. The Morgan fingerprint density at radius 2 is 1.93 bits per heavy atom. The Morgan fingerprint density at radius 3 is 2.67 bits per heavy atom. The van der Waals surface area contributed by atoms with Crippen LogP contribution in [0.25, 0.3) is 28.0 Å². The van der Waals surface area contributed by atoms with Gasteiger partial charge in [-0.05, 0) is 101 Å². The van der Waals surface area contributed by atoms with Crippen LogP contribution in [0.4, 0.5) is 10.3 Å². The lowest BCUT2D eigenvalue weighted by atomic mass is 9.92. The second-order valence-electron chi connectivity index (χ2n) is 12.6. The molecule has 4 heterocycles. The Hall–Kier alpha value is -3.99. The highest BCUT2D eigenvalue weighted by atomic mass is 35.5. The summed E-state index contributed by atoms with van der Waals surface area (Å²) in [5.74, 6) is 0.318. The molecule has 11 heteroatoms. The number of hydrogen-bond acceptors (Lipinski definition) is 6. The van der Waals surface area contributed by atoms with E-state index in [-0.39, 0.29) is 17.1 Å². The number of halogens is 2.